The molecule has 0 aliphatic carbocycles. The molecule has 0 amide bonds. The van der Waals surface area contributed by atoms with E-state index in [1.54, 1.807) is 0 Å². The fourth-order valence-corrected chi connectivity index (χ4v) is 1.47. The molecule has 0 saturated heterocycles. The van der Waals surface area contributed by atoms with Crippen molar-refractivity contribution >= 4 is 17.5 Å². The molecule has 9 nitrogen and oxygen atoms in total. The molecule has 0 saturated carbocycles. The molecule has 1 rings (SSSR count). The first-order chi connectivity index (χ1) is 9.47. The number of carbonyl (C=O) groups is 1. The van der Waals surface area contributed by atoms with E-state index < -0.39 is 17.0 Å². The number of nitrogens with zero attached hydrogens (tertiary/aromatic N) is 2. The summed E-state index contributed by atoms with van der Waals surface area (Å²) in [4.78, 5) is 24.8. The Morgan fingerprint density at radius 1 is 1.55 bits per heavy atom. The van der Waals surface area contributed by atoms with Crippen LogP contribution in [0.3, 0.4) is 0 Å². The van der Waals surface area contributed by atoms with Crippen molar-refractivity contribution in [3.63, 3.8) is 0 Å². The molecule has 1 aromatic heterocycles. The fraction of sp³-hybridized carbons (Fsp3) is 0.455. The van der Waals surface area contributed by atoms with Crippen LogP contribution in [0.15, 0.2) is 12.1 Å². The molecule has 0 spiro atoms. The SMILES string of the molecule is COc1ccc([N+](=O)[O-])c(NCC(CC(=O)O)OC)n1. The number of methoxy groups -OCH3 is 2. The number of hydrogen-bond acceptors (Lipinski definition) is 7. The quantitative estimate of drug-likeness (QED) is 0.533. The van der Waals surface area contributed by atoms with Gasteiger partial charge in [-0.15, -0.1) is 0 Å². The van der Waals surface area contributed by atoms with Gasteiger partial charge in [0.15, 0.2) is 0 Å². The van der Waals surface area contributed by atoms with Gasteiger partial charge in [0.1, 0.15) is 0 Å². The van der Waals surface area contributed by atoms with Crippen molar-refractivity contribution in [3.8, 4) is 5.88 Å². The van der Waals surface area contributed by atoms with Crippen LogP contribution in [-0.4, -0.2) is 47.9 Å². The Balaban J connectivity index is 2.83. The Kier molecular flexibility index (Phi) is 5.66. The minimum Gasteiger partial charge on any atom is -0.481 e. The molecule has 1 aromatic rings. The summed E-state index contributed by atoms with van der Waals surface area (Å²) < 4.78 is 9.86. The molecule has 0 aliphatic rings. The summed E-state index contributed by atoms with van der Waals surface area (Å²) in [5.41, 5.74) is -0.226. The van der Waals surface area contributed by atoms with Crippen molar-refractivity contribution in [1.82, 2.24) is 4.98 Å². The van der Waals surface area contributed by atoms with Crippen molar-refractivity contribution in [2.75, 3.05) is 26.1 Å². The van der Waals surface area contributed by atoms with Gasteiger partial charge in [0, 0.05) is 25.8 Å². The van der Waals surface area contributed by atoms with Gasteiger partial charge in [-0.25, -0.2) is 0 Å². The van der Waals surface area contributed by atoms with E-state index in [-0.39, 0.29) is 30.4 Å². The number of aliphatic carboxylic acids is 1. The van der Waals surface area contributed by atoms with Crippen molar-refractivity contribution in [1.29, 1.82) is 0 Å². The molecular weight excluding hydrogens is 270 g/mol. The monoisotopic (exact) mass is 285 g/mol. The van der Waals surface area contributed by atoms with E-state index in [1.807, 2.05) is 0 Å². The molecule has 9 heteroatoms. The molecule has 0 aromatic carbocycles. The topological polar surface area (TPSA) is 124 Å². The Morgan fingerprint density at radius 2 is 2.25 bits per heavy atom. The fourth-order valence-electron chi connectivity index (χ4n) is 1.47. The first kappa shape index (κ1) is 15.6. The molecular formula is C11H15N3O6. The number of anilines is 1. The van der Waals surface area contributed by atoms with Crippen LogP contribution >= 0.6 is 0 Å². The van der Waals surface area contributed by atoms with Gasteiger partial charge >= 0.3 is 11.7 Å². The van der Waals surface area contributed by atoms with Crippen molar-refractivity contribution in [2.45, 2.75) is 12.5 Å². The molecule has 1 atom stereocenters. The van der Waals surface area contributed by atoms with E-state index in [2.05, 4.69) is 10.3 Å². The van der Waals surface area contributed by atoms with E-state index >= 15 is 0 Å². The Hall–Kier alpha value is -2.42. The van der Waals surface area contributed by atoms with Crippen molar-refractivity contribution < 1.29 is 24.3 Å². The average Bonchev–Trinajstić information content (AvgIpc) is 2.42. The summed E-state index contributed by atoms with van der Waals surface area (Å²) in [5.74, 6) is -0.807. The van der Waals surface area contributed by atoms with Gasteiger partial charge in [-0.05, 0) is 0 Å². The highest BCUT2D eigenvalue weighted by Crippen LogP contribution is 2.24. The second-order valence-corrected chi connectivity index (χ2v) is 3.81. The summed E-state index contributed by atoms with van der Waals surface area (Å²) >= 11 is 0. The summed E-state index contributed by atoms with van der Waals surface area (Å²) in [6, 6.07) is 2.63. The first-order valence-electron chi connectivity index (χ1n) is 5.65. The van der Waals surface area contributed by atoms with E-state index in [9.17, 15) is 14.9 Å². The minimum atomic E-state index is -1.02. The molecule has 1 heterocycles. The molecule has 0 fully saturated rings. The second-order valence-electron chi connectivity index (χ2n) is 3.81. The maximum absolute atomic E-state index is 10.9. The lowest BCUT2D eigenvalue weighted by Gasteiger charge is -2.14. The zero-order chi connectivity index (χ0) is 15.1. The van der Waals surface area contributed by atoms with Crippen LogP contribution in [0.4, 0.5) is 11.5 Å². The van der Waals surface area contributed by atoms with Crippen LogP contribution in [0.25, 0.3) is 0 Å². The van der Waals surface area contributed by atoms with E-state index in [0.29, 0.717) is 0 Å². The number of aromatic nitrogens is 1. The molecule has 20 heavy (non-hydrogen) atoms. The number of carboxylic acids is 1. The van der Waals surface area contributed by atoms with Crippen LogP contribution in [-0.2, 0) is 9.53 Å². The molecule has 0 aliphatic heterocycles. The highest BCUT2D eigenvalue weighted by atomic mass is 16.6. The standard InChI is InChI=1S/C11H15N3O6/c1-19-7(5-10(15)16)6-12-11-8(14(17)18)3-4-9(13-11)20-2/h3-4,7H,5-6H2,1-2H3,(H,12,13)(H,15,16). The lowest BCUT2D eigenvalue weighted by Crippen LogP contribution is -2.25. The van der Waals surface area contributed by atoms with Gasteiger partial charge in [0.2, 0.25) is 11.7 Å². The minimum absolute atomic E-state index is 0.00166. The first-order valence-corrected chi connectivity index (χ1v) is 5.65. The average molecular weight is 285 g/mol. The number of hydrogen-bond donors (Lipinski definition) is 2. The molecule has 110 valence electrons. The number of nitrogens with one attached hydrogen (secondary N) is 1. The van der Waals surface area contributed by atoms with Crippen LogP contribution < -0.4 is 10.1 Å². The summed E-state index contributed by atoms with van der Waals surface area (Å²) in [7, 11) is 2.75. The maximum atomic E-state index is 10.9. The van der Waals surface area contributed by atoms with Crippen LogP contribution in [0, 0.1) is 10.1 Å². The predicted octanol–water partition coefficient (Wildman–Crippen LogP) is 0.900. The third kappa shape index (κ3) is 4.35. The summed E-state index contributed by atoms with van der Waals surface area (Å²) in [6.45, 7) is 0.0732. The van der Waals surface area contributed by atoms with Gasteiger partial charge < -0.3 is 19.9 Å². The third-order valence-corrected chi connectivity index (χ3v) is 2.49. The van der Waals surface area contributed by atoms with Crippen molar-refractivity contribution in [3.05, 3.63) is 22.2 Å². The van der Waals surface area contributed by atoms with Gasteiger partial charge in [-0.1, -0.05) is 0 Å². The van der Waals surface area contributed by atoms with Crippen LogP contribution in [0.1, 0.15) is 6.42 Å². The normalized spacial score (nSPS) is 11.7. The lowest BCUT2D eigenvalue weighted by molar-refractivity contribution is -0.384. The van der Waals surface area contributed by atoms with E-state index in [4.69, 9.17) is 14.6 Å². The number of rotatable bonds is 8. The van der Waals surface area contributed by atoms with Gasteiger partial charge in [0.05, 0.1) is 24.6 Å². The highest BCUT2D eigenvalue weighted by Gasteiger charge is 2.19. The zero-order valence-electron chi connectivity index (χ0n) is 11.0. The van der Waals surface area contributed by atoms with Crippen LogP contribution in [0.5, 0.6) is 5.88 Å². The summed E-state index contributed by atoms with van der Waals surface area (Å²) in [6.07, 6.45) is -0.846. The zero-order valence-corrected chi connectivity index (χ0v) is 11.0. The molecule has 2 N–H and O–H groups in total. The summed E-state index contributed by atoms with van der Waals surface area (Å²) in [5, 5.41) is 22.3. The molecule has 0 bridgehead atoms. The number of carboxylic acid groups (broad SMARTS) is 1. The Morgan fingerprint density at radius 3 is 2.75 bits per heavy atom. The largest absolute Gasteiger partial charge is 0.481 e. The Labute approximate surface area is 114 Å². The van der Waals surface area contributed by atoms with E-state index in [0.717, 1.165) is 0 Å². The number of nitro groups is 1. The Bertz CT molecular complexity index is 493. The van der Waals surface area contributed by atoms with Gasteiger partial charge in [0.25, 0.3) is 0 Å². The number of ether oxygens (including phenoxy) is 2. The van der Waals surface area contributed by atoms with Crippen molar-refractivity contribution in [2.24, 2.45) is 0 Å². The lowest BCUT2D eigenvalue weighted by atomic mass is 10.2. The highest BCUT2D eigenvalue weighted by molar-refractivity contribution is 5.67. The second kappa shape index (κ2) is 7.24. The van der Waals surface area contributed by atoms with Gasteiger partial charge in [-0.2, -0.15) is 4.98 Å². The van der Waals surface area contributed by atoms with Gasteiger partial charge in [-0.3, -0.25) is 14.9 Å². The van der Waals surface area contributed by atoms with E-state index in [1.165, 1.54) is 26.4 Å². The number of pyridine rings is 1. The third-order valence-electron chi connectivity index (χ3n) is 2.49. The molecule has 1 unspecified atom stereocenters. The maximum Gasteiger partial charge on any atom is 0.311 e. The van der Waals surface area contributed by atoms with Crippen LogP contribution in [0.2, 0.25) is 0 Å². The smallest absolute Gasteiger partial charge is 0.311 e. The molecule has 0 radical (unpaired) electrons. The predicted molar refractivity (Wildman–Crippen MR) is 69.0 cm³/mol.